The highest BCUT2D eigenvalue weighted by molar-refractivity contribution is 5.89. The first kappa shape index (κ1) is 15.3. The van der Waals surface area contributed by atoms with Crippen molar-refractivity contribution in [1.29, 1.82) is 0 Å². The molecule has 6 nitrogen and oxygen atoms in total. The number of ether oxygens (including phenoxy) is 1. The number of rotatable bonds is 5. The molecule has 0 saturated carbocycles. The van der Waals surface area contributed by atoms with E-state index in [4.69, 9.17) is 4.74 Å². The van der Waals surface area contributed by atoms with Crippen molar-refractivity contribution in [3.05, 3.63) is 0 Å². The summed E-state index contributed by atoms with van der Waals surface area (Å²) in [4.78, 5) is 26.3. The van der Waals surface area contributed by atoms with Crippen LogP contribution >= 0.6 is 0 Å². The fourth-order valence-corrected chi connectivity index (χ4v) is 3.01. The molecule has 3 atom stereocenters. The number of likely N-dealkylation sites (tertiary alicyclic amines) is 1. The molecule has 0 radical (unpaired) electrons. The first-order valence-corrected chi connectivity index (χ1v) is 7.52. The lowest BCUT2D eigenvalue weighted by molar-refractivity contribution is -0.141. The Morgan fingerprint density at radius 3 is 2.85 bits per heavy atom. The largest absolute Gasteiger partial charge is 0.379 e. The smallest absolute Gasteiger partial charge is 0.242 e. The maximum Gasteiger partial charge on any atom is 0.242 e. The van der Waals surface area contributed by atoms with Crippen LogP contribution in [0.4, 0.5) is 0 Å². The highest BCUT2D eigenvalue weighted by Gasteiger charge is 2.41. The second kappa shape index (κ2) is 7.04. The Bertz CT molecular complexity index is 362. The summed E-state index contributed by atoms with van der Waals surface area (Å²) >= 11 is 0. The number of hydrogen-bond acceptors (Lipinski definition) is 4. The van der Waals surface area contributed by atoms with Crippen LogP contribution in [0.5, 0.6) is 0 Å². The van der Waals surface area contributed by atoms with Crippen molar-refractivity contribution in [2.24, 2.45) is 5.92 Å². The van der Waals surface area contributed by atoms with Crippen LogP contribution in [-0.2, 0) is 14.3 Å². The molecule has 0 aliphatic carbocycles. The zero-order valence-corrected chi connectivity index (χ0v) is 12.4. The van der Waals surface area contributed by atoms with E-state index in [1.165, 1.54) is 0 Å². The third-order valence-corrected chi connectivity index (χ3v) is 4.14. The molecule has 2 fully saturated rings. The first-order valence-electron chi connectivity index (χ1n) is 7.52. The Kier molecular flexibility index (Phi) is 5.37. The van der Waals surface area contributed by atoms with Crippen molar-refractivity contribution in [3.8, 4) is 0 Å². The Labute approximate surface area is 120 Å². The van der Waals surface area contributed by atoms with Gasteiger partial charge >= 0.3 is 0 Å². The minimum atomic E-state index is -0.306. The predicted molar refractivity (Wildman–Crippen MR) is 75.2 cm³/mol. The molecular weight excluding hydrogens is 258 g/mol. The van der Waals surface area contributed by atoms with Crippen LogP contribution in [0, 0.1) is 5.92 Å². The van der Waals surface area contributed by atoms with Gasteiger partial charge in [0, 0.05) is 19.6 Å². The van der Waals surface area contributed by atoms with E-state index in [0.717, 1.165) is 25.8 Å². The van der Waals surface area contributed by atoms with Crippen molar-refractivity contribution in [2.45, 2.75) is 38.3 Å². The molecule has 2 heterocycles. The molecule has 20 heavy (non-hydrogen) atoms. The summed E-state index contributed by atoms with van der Waals surface area (Å²) in [6.07, 6.45) is 2.68. The van der Waals surface area contributed by atoms with Crippen molar-refractivity contribution in [3.63, 3.8) is 0 Å². The number of likely N-dealkylation sites (N-methyl/N-ethyl adjacent to an activating group) is 1. The molecule has 0 spiro atoms. The van der Waals surface area contributed by atoms with Crippen LogP contribution in [0.1, 0.15) is 26.2 Å². The van der Waals surface area contributed by atoms with E-state index in [-0.39, 0.29) is 29.8 Å². The quantitative estimate of drug-likeness (QED) is 0.729. The number of hydrogen-bond donors (Lipinski definition) is 2. The fraction of sp³-hybridized carbons (Fsp3) is 0.857. The lowest BCUT2D eigenvalue weighted by Crippen LogP contribution is -2.51. The van der Waals surface area contributed by atoms with Gasteiger partial charge in [0.05, 0.1) is 19.1 Å². The molecular formula is C14H25N3O3. The molecule has 3 unspecified atom stereocenters. The Hall–Kier alpha value is -1.14. The van der Waals surface area contributed by atoms with E-state index in [1.54, 1.807) is 11.9 Å². The molecule has 0 aromatic carbocycles. The Morgan fingerprint density at radius 1 is 1.35 bits per heavy atom. The first-order chi connectivity index (χ1) is 9.69. The van der Waals surface area contributed by atoms with Crippen LogP contribution in [0.3, 0.4) is 0 Å². The number of carbonyl (C=O) groups excluding carboxylic acids is 2. The zero-order valence-electron chi connectivity index (χ0n) is 12.4. The summed E-state index contributed by atoms with van der Waals surface area (Å²) in [5.41, 5.74) is 0. The van der Waals surface area contributed by atoms with Crippen LogP contribution < -0.4 is 10.6 Å². The van der Waals surface area contributed by atoms with Gasteiger partial charge in [-0.15, -0.1) is 0 Å². The van der Waals surface area contributed by atoms with Gasteiger partial charge in [0.1, 0.15) is 6.04 Å². The van der Waals surface area contributed by atoms with Gasteiger partial charge in [-0.2, -0.15) is 0 Å². The molecule has 2 rings (SSSR count). The second-order valence-corrected chi connectivity index (χ2v) is 5.51. The average Bonchev–Trinajstić information content (AvgIpc) is 3.12. The number of nitrogens with one attached hydrogen (secondary N) is 2. The fourth-order valence-electron chi connectivity index (χ4n) is 3.01. The van der Waals surface area contributed by atoms with E-state index in [1.807, 2.05) is 0 Å². The molecule has 0 aromatic heterocycles. The number of nitrogens with zero attached hydrogens (tertiary/aromatic N) is 1. The highest BCUT2D eigenvalue weighted by Crippen LogP contribution is 2.24. The molecule has 2 N–H and O–H groups in total. The van der Waals surface area contributed by atoms with Crippen molar-refractivity contribution in [1.82, 2.24) is 15.5 Å². The monoisotopic (exact) mass is 283 g/mol. The topological polar surface area (TPSA) is 70.7 Å². The molecule has 2 aliphatic rings. The molecule has 2 amide bonds. The number of amides is 2. The van der Waals surface area contributed by atoms with Crippen LogP contribution in [0.25, 0.3) is 0 Å². The standard InChI is InChI=1S/C14H25N3O3/c1-3-6-16-11-9-20-8-10(11)14(19)17-7-4-5-12(17)13(18)15-2/h10-12,16H,3-9H2,1-2H3,(H,15,18). The van der Waals surface area contributed by atoms with Gasteiger partial charge < -0.3 is 20.3 Å². The lowest BCUT2D eigenvalue weighted by Gasteiger charge is -2.28. The summed E-state index contributed by atoms with van der Waals surface area (Å²) in [6, 6.07) is -0.228. The van der Waals surface area contributed by atoms with Crippen molar-refractivity contribution >= 4 is 11.8 Å². The van der Waals surface area contributed by atoms with Crippen LogP contribution in [0.2, 0.25) is 0 Å². The van der Waals surface area contributed by atoms with Gasteiger partial charge in [-0.1, -0.05) is 6.92 Å². The van der Waals surface area contributed by atoms with Gasteiger partial charge in [0.15, 0.2) is 0 Å². The van der Waals surface area contributed by atoms with E-state index in [2.05, 4.69) is 17.6 Å². The predicted octanol–water partition coefficient (Wildman–Crippen LogP) is -0.262. The molecule has 2 aliphatic heterocycles. The van der Waals surface area contributed by atoms with Gasteiger partial charge in [-0.3, -0.25) is 9.59 Å². The third kappa shape index (κ3) is 3.12. The molecule has 6 heteroatoms. The molecule has 0 aromatic rings. The van der Waals surface area contributed by atoms with Gasteiger partial charge in [-0.25, -0.2) is 0 Å². The van der Waals surface area contributed by atoms with Crippen molar-refractivity contribution < 1.29 is 14.3 Å². The SMILES string of the molecule is CCCNC1COCC1C(=O)N1CCCC1C(=O)NC. The summed E-state index contributed by atoms with van der Waals surface area (Å²) in [6.45, 7) is 4.69. The third-order valence-electron chi connectivity index (χ3n) is 4.14. The minimum absolute atomic E-state index is 0.0576. The lowest BCUT2D eigenvalue weighted by atomic mass is 10.0. The number of carbonyl (C=O) groups is 2. The summed E-state index contributed by atoms with van der Waals surface area (Å²) in [5, 5.41) is 6.02. The van der Waals surface area contributed by atoms with Crippen molar-refractivity contribution in [2.75, 3.05) is 33.4 Å². The van der Waals surface area contributed by atoms with Crippen LogP contribution in [0.15, 0.2) is 0 Å². The van der Waals surface area contributed by atoms with Gasteiger partial charge in [0.2, 0.25) is 11.8 Å². The highest BCUT2D eigenvalue weighted by atomic mass is 16.5. The Morgan fingerprint density at radius 2 is 2.15 bits per heavy atom. The maximum atomic E-state index is 12.7. The summed E-state index contributed by atoms with van der Waals surface area (Å²) < 4.78 is 5.46. The minimum Gasteiger partial charge on any atom is -0.379 e. The average molecular weight is 283 g/mol. The zero-order chi connectivity index (χ0) is 14.5. The molecule has 0 bridgehead atoms. The molecule has 2 saturated heterocycles. The van der Waals surface area contributed by atoms with E-state index in [0.29, 0.717) is 19.8 Å². The van der Waals surface area contributed by atoms with Gasteiger partial charge in [-0.05, 0) is 25.8 Å². The van der Waals surface area contributed by atoms with Crippen LogP contribution in [-0.4, -0.2) is 62.1 Å². The normalized spacial score (nSPS) is 29.7. The maximum absolute atomic E-state index is 12.7. The molecule has 114 valence electrons. The second-order valence-electron chi connectivity index (χ2n) is 5.51. The van der Waals surface area contributed by atoms with Gasteiger partial charge in [0.25, 0.3) is 0 Å². The van der Waals surface area contributed by atoms with E-state index >= 15 is 0 Å². The summed E-state index contributed by atoms with van der Waals surface area (Å²) in [7, 11) is 1.62. The van der Waals surface area contributed by atoms with E-state index < -0.39 is 0 Å². The Balaban J connectivity index is 2.00. The van der Waals surface area contributed by atoms with E-state index in [9.17, 15) is 9.59 Å². The summed E-state index contributed by atoms with van der Waals surface area (Å²) in [5.74, 6) is -0.165.